The number of carbonyl (C=O) groups excluding carboxylic acids is 3. The zero-order chi connectivity index (χ0) is 32.6. The third-order valence-electron chi connectivity index (χ3n) is 7.64. The molecule has 1 aliphatic rings. The summed E-state index contributed by atoms with van der Waals surface area (Å²) in [5.41, 5.74) is 0.629. The lowest BCUT2D eigenvalue weighted by atomic mass is 9.96. The summed E-state index contributed by atoms with van der Waals surface area (Å²) in [5, 5.41) is 5.76. The van der Waals surface area contributed by atoms with Crippen LogP contribution in [-0.4, -0.2) is 75.3 Å². The number of hydrogen-bond donors (Lipinski definition) is 1. The number of nitrogens with one attached hydrogen (secondary N) is 1. The molecular formula is C34H43N3O7S. The molecule has 1 aromatic heterocycles. The van der Waals surface area contributed by atoms with E-state index in [0.717, 1.165) is 10.6 Å². The number of piperidine rings is 1. The molecule has 45 heavy (non-hydrogen) atoms. The number of nitrogens with zero attached hydrogens (tertiary/aromatic N) is 2. The zero-order valence-electron chi connectivity index (χ0n) is 26.8. The molecule has 11 heteroatoms. The van der Waals surface area contributed by atoms with Gasteiger partial charge in [-0.25, -0.2) is 4.79 Å². The molecule has 1 unspecified atom stereocenters. The van der Waals surface area contributed by atoms with Crippen LogP contribution in [0.15, 0.2) is 60.0 Å². The fourth-order valence-corrected chi connectivity index (χ4v) is 5.96. The third kappa shape index (κ3) is 8.91. The Kier molecular flexibility index (Phi) is 11.3. The summed E-state index contributed by atoms with van der Waals surface area (Å²) >= 11 is 1.45. The van der Waals surface area contributed by atoms with Crippen molar-refractivity contribution in [3.8, 4) is 17.2 Å². The van der Waals surface area contributed by atoms with Crippen LogP contribution in [0.25, 0.3) is 0 Å². The average molecular weight is 638 g/mol. The van der Waals surface area contributed by atoms with Crippen LogP contribution in [0.2, 0.25) is 0 Å². The van der Waals surface area contributed by atoms with Gasteiger partial charge in [0.25, 0.3) is 5.91 Å². The number of thiophene rings is 1. The molecular weight excluding hydrogens is 594 g/mol. The highest BCUT2D eigenvalue weighted by atomic mass is 32.1. The van der Waals surface area contributed by atoms with Crippen molar-refractivity contribution in [2.24, 2.45) is 5.92 Å². The first-order chi connectivity index (χ1) is 21.5. The highest BCUT2D eigenvalue weighted by molar-refractivity contribution is 7.14. The minimum Gasteiger partial charge on any atom is -0.497 e. The highest BCUT2D eigenvalue weighted by Crippen LogP contribution is 2.32. The van der Waals surface area contributed by atoms with E-state index < -0.39 is 17.6 Å². The van der Waals surface area contributed by atoms with Crippen LogP contribution in [0.1, 0.15) is 49.5 Å². The van der Waals surface area contributed by atoms with Crippen molar-refractivity contribution >= 4 is 34.1 Å². The molecule has 1 N–H and O–H groups in total. The summed E-state index contributed by atoms with van der Waals surface area (Å²) in [5.74, 6) is 1.26. The van der Waals surface area contributed by atoms with Gasteiger partial charge < -0.3 is 34.1 Å². The first-order valence-electron chi connectivity index (χ1n) is 15.0. The number of rotatable bonds is 12. The molecule has 1 aliphatic heterocycles. The number of ether oxygens (including phenoxy) is 4. The Bertz CT molecular complexity index is 1430. The largest absolute Gasteiger partial charge is 0.497 e. The van der Waals surface area contributed by atoms with Gasteiger partial charge >= 0.3 is 6.09 Å². The van der Waals surface area contributed by atoms with Crippen LogP contribution < -0.4 is 24.4 Å². The molecule has 1 saturated heterocycles. The number of hydrogen-bond acceptors (Lipinski definition) is 9. The van der Waals surface area contributed by atoms with E-state index in [2.05, 4.69) is 5.32 Å². The first-order valence-corrected chi connectivity index (χ1v) is 15.9. The summed E-state index contributed by atoms with van der Waals surface area (Å²) in [6, 6.07) is 14.9. The topological polar surface area (TPSA) is 107 Å². The van der Waals surface area contributed by atoms with Gasteiger partial charge in [0.1, 0.15) is 22.8 Å². The molecule has 2 aromatic carbocycles. The zero-order valence-corrected chi connectivity index (χ0v) is 27.6. The molecule has 1 atom stereocenters. The summed E-state index contributed by atoms with van der Waals surface area (Å²) in [6.07, 6.45) is 1.11. The van der Waals surface area contributed by atoms with Crippen molar-refractivity contribution in [1.29, 1.82) is 0 Å². The average Bonchev–Trinajstić information content (AvgIpc) is 3.58. The normalized spacial score (nSPS) is 14.3. The van der Waals surface area contributed by atoms with E-state index >= 15 is 0 Å². The van der Waals surface area contributed by atoms with Crippen LogP contribution >= 0.6 is 11.3 Å². The summed E-state index contributed by atoms with van der Waals surface area (Å²) in [4.78, 5) is 44.4. The molecule has 0 radical (unpaired) electrons. The molecule has 242 valence electrons. The lowest BCUT2D eigenvalue weighted by Crippen LogP contribution is -2.52. The Balaban J connectivity index is 1.58. The van der Waals surface area contributed by atoms with Gasteiger partial charge in [-0.3, -0.25) is 9.59 Å². The fourth-order valence-electron chi connectivity index (χ4n) is 5.20. The molecule has 0 saturated carbocycles. The van der Waals surface area contributed by atoms with Crippen molar-refractivity contribution in [3.63, 3.8) is 0 Å². The van der Waals surface area contributed by atoms with E-state index in [9.17, 15) is 14.4 Å². The Labute approximate surface area is 269 Å². The summed E-state index contributed by atoms with van der Waals surface area (Å²) in [7, 11) is 4.72. The quantitative estimate of drug-likeness (QED) is 0.196. The predicted octanol–water partition coefficient (Wildman–Crippen LogP) is 5.80. The number of carbonyl (C=O) groups is 3. The number of amides is 2. The van der Waals surface area contributed by atoms with E-state index in [0.29, 0.717) is 55.3 Å². The molecule has 4 rings (SSSR count). The minimum absolute atomic E-state index is 0.154. The van der Waals surface area contributed by atoms with Crippen molar-refractivity contribution in [2.75, 3.05) is 45.9 Å². The van der Waals surface area contributed by atoms with Gasteiger partial charge in [-0.15, -0.1) is 11.3 Å². The van der Waals surface area contributed by atoms with Gasteiger partial charge in [0.15, 0.2) is 11.8 Å². The monoisotopic (exact) mass is 637 g/mol. The van der Waals surface area contributed by atoms with Crippen LogP contribution in [0, 0.1) is 5.92 Å². The maximum atomic E-state index is 14.2. The number of likely N-dealkylation sites (tertiary alicyclic amines) is 1. The predicted molar refractivity (Wildman–Crippen MR) is 175 cm³/mol. The van der Waals surface area contributed by atoms with E-state index in [-0.39, 0.29) is 24.3 Å². The number of methoxy groups -OCH3 is 3. The standard InChI is InChI=1S/C34H43N3O7S/c1-34(2,3)44-33(40)36-17-15-23(16-18-36)21-35-32(39)30(31(38)24-9-12-26(41-4)13-10-24)37(29-8-7-19-45-29)22-25-11-14-27(42-5)20-28(25)43-6/h7-14,19-20,23,30H,15-18,21-22H2,1-6H3,(H,35,39). The molecule has 10 nitrogen and oxygen atoms in total. The van der Waals surface area contributed by atoms with E-state index in [4.69, 9.17) is 18.9 Å². The van der Waals surface area contributed by atoms with Gasteiger partial charge in [0.2, 0.25) is 0 Å². The number of benzene rings is 2. The molecule has 3 aromatic rings. The summed E-state index contributed by atoms with van der Waals surface area (Å²) in [6.45, 7) is 7.26. The van der Waals surface area contributed by atoms with Crippen LogP contribution in [0.4, 0.5) is 9.80 Å². The fraction of sp³-hybridized carbons (Fsp3) is 0.441. The Morgan fingerprint density at radius 2 is 1.62 bits per heavy atom. The molecule has 0 aliphatic carbocycles. The highest BCUT2D eigenvalue weighted by Gasteiger charge is 2.36. The number of anilines is 1. The van der Waals surface area contributed by atoms with Gasteiger partial charge in [0, 0.05) is 43.4 Å². The maximum Gasteiger partial charge on any atom is 0.410 e. The van der Waals surface area contributed by atoms with Gasteiger partial charge in [-0.2, -0.15) is 0 Å². The lowest BCUT2D eigenvalue weighted by Gasteiger charge is -2.34. The second kappa shape index (κ2) is 15.2. The smallest absolute Gasteiger partial charge is 0.410 e. The maximum absolute atomic E-state index is 14.2. The SMILES string of the molecule is COc1ccc(C(=O)C(C(=O)NCC2CCN(C(=O)OC(C)(C)C)CC2)N(Cc2ccc(OC)cc2OC)c2cccs2)cc1. The van der Waals surface area contributed by atoms with Crippen molar-refractivity contribution in [1.82, 2.24) is 10.2 Å². The molecule has 2 amide bonds. The van der Waals surface area contributed by atoms with Crippen LogP contribution in [0.3, 0.4) is 0 Å². The van der Waals surface area contributed by atoms with E-state index in [1.165, 1.54) is 11.3 Å². The second-order valence-electron chi connectivity index (χ2n) is 11.9. The van der Waals surface area contributed by atoms with Crippen molar-refractivity contribution in [2.45, 2.75) is 51.8 Å². The van der Waals surface area contributed by atoms with Gasteiger partial charge in [0.05, 0.1) is 26.3 Å². The minimum atomic E-state index is -1.16. The Morgan fingerprint density at radius 1 is 0.956 bits per heavy atom. The van der Waals surface area contributed by atoms with E-state index in [1.54, 1.807) is 56.6 Å². The van der Waals surface area contributed by atoms with Gasteiger partial charge in [-0.05, 0) is 93.4 Å². The van der Waals surface area contributed by atoms with E-state index in [1.807, 2.05) is 55.3 Å². The van der Waals surface area contributed by atoms with Crippen molar-refractivity contribution in [3.05, 3.63) is 71.1 Å². The van der Waals surface area contributed by atoms with Crippen LogP contribution in [-0.2, 0) is 16.1 Å². The Morgan fingerprint density at radius 3 is 2.20 bits per heavy atom. The third-order valence-corrected chi connectivity index (χ3v) is 8.54. The molecule has 1 fully saturated rings. The molecule has 0 spiro atoms. The van der Waals surface area contributed by atoms with Crippen molar-refractivity contribution < 1.29 is 33.3 Å². The second-order valence-corrected chi connectivity index (χ2v) is 12.8. The summed E-state index contributed by atoms with van der Waals surface area (Å²) < 4.78 is 21.8. The molecule has 2 heterocycles. The van der Waals surface area contributed by atoms with Gasteiger partial charge in [-0.1, -0.05) is 0 Å². The lowest BCUT2D eigenvalue weighted by molar-refractivity contribution is -0.121. The number of Topliss-reactive ketones (excluding diaryl/α,β-unsaturated/α-hetero) is 1. The first kappa shape index (κ1) is 33.6. The van der Waals surface area contributed by atoms with Crippen LogP contribution in [0.5, 0.6) is 17.2 Å². The molecule has 0 bridgehead atoms. The Hall–Kier alpha value is -4.25. The number of ketones is 1.